The predicted octanol–water partition coefficient (Wildman–Crippen LogP) is 2.25. The van der Waals surface area contributed by atoms with Crippen LogP contribution < -0.4 is 0 Å². The van der Waals surface area contributed by atoms with Crippen molar-refractivity contribution in [3.63, 3.8) is 0 Å². The predicted molar refractivity (Wildman–Crippen MR) is 76.6 cm³/mol. The van der Waals surface area contributed by atoms with Gasteiger partial charge in [0.15, 0.2) is 0 Å². The van der Waals surface area contributed by atoms with Crippen molar-refractivity contribution in [1.29, 1.82) is 0 Å². The number of carbonyl (C=O) groups is 1. The first-order chi connectivity index (χ1) is 9.79. The third-order valence-corrected chi connectivity index (χ3v) is 3.97. The van der Waals surface area contributed by atoms with E-state index in [0.717, 1.165) is 38.2 Å². The number of hydrogen-bond acceptors (Lipinski definition) is 2. The van der Waals surface area contributed by atoms with E-state index in [1.165, 1.54) is 0 Å². The van der Waals surface area contributed by atoms with Crippen molar-refractivity contribution in [2.24, 2.45) is 0 Å². The fourth-order valence-corrected chi connectivity index (χ4v) is 2.95. The lowest BCUT2D eigenvalue weighted by molar-refractivity contribution is 0.0672. The molecule has 1 unspecified atom stereocenters. The average molecular weight is 272 g/mol. The van der Waals surface area contributed by atoms with Gasteiger partial charge in [-0.2, -0.15) is 0 Å². The molecule has 5 nitrogen and oxygen atoms in total. The summed E-state index contributed by atoms with van der Waals surface area (Å²) >= 11 is 0. The van der Waals surface area contributed by atoms with Crippen LogP contribution in [0.4, 0.5) is 0 Å². The molecule has 20 heavy (non-hydrogen) atoms. The van der Waals surface area contributed by atoms with Crippen LogP contribution >= 0.6 is 0 Å². The minimum Gasteiger partial charge on any atom is -0.357 e. The van der Waals surface area contributed by atoms with Crippen LogP contribution in [0.15, 0.2) is 30.7 Å². The molecule has 0 saturated carbocycles. The van der Waals surface area contributed by atoms with Crippen LogP contribution in [-0.4, -0.2) is 38.4 Å². The van der Waals surface area contributed by atoms with E-state index < -0.39 is 0 Å². The Morgan fingerprint density at radius 3 is 3.20 bits per heavy atom. The summed E-state index contributed by atoms with van der Waals surface area (Å²) in [7, 11) is 0. The number of imidazole rings is 1. The smallest absolute Gasteiger partial charge is 0.270 e. The standard InChI is InChI=1S/C15H20N4O/c1-2-14-17-8-10-19(14)12-5-4-9-18(11-12)15(20)13-6-3-7-16-13/h3,6-8,10,12,16H,2,4-5,9,11H2,1H3. The van der Waals surface area contributed by atoms with Crippen LogP contribution in [0.3, 0.4) is 0 Å². The number of aromatic amines is 1. The average Bonchev–Trinajstić information content (AvgIpc) is 3.17. The molecule has 0 radical (unpaired) electrons. The summed E-state index contributed by atoms with van der Waals surface area (Å²) in [6.45, 7) is 3.72. The largest absolute Gasteiger partial charge is 0.357 e. The van der Waals surface area contributed by atoms with E-state index in [2.05, 4.69) is 21.5 Å². The Labute approximate surface area is 118 Å². The van der Waals surface area contributed by atoms with E-state index >= 15 is 0 Å². The highest BCUT2D eigenvalue weighted by molar-refractivity contribution is 5.92. The molecular weight excluding hydrogens is 252 g/mol. The molecule has 5 heteroatoms. The molecule has 3 heterocycles. The van der Waals surface area contributed by atoms with Crippen molar-refractivity contribution in [2.75, 3.05) is 13.1 Å². The number of nitrogens with zero attached hydrogens (tertiary/aromatic N) is 3. The quantitative estimate of drug-likeness (QED) is 0.931. The fourth-order valence-electron chi connectivity index (χ4n) is 2.95. The van der Waals surface area contributed by atoms with Gasteiger partial charge in [-0.15, -0.1) is 0 Å². The Morgan fingerprint density at radius 1 is 1.55 bits per heavy atom. The second-order valence-corrected chi connectivity index (χ2v) is 5.24. The number of carbonyl (C=O) groups excluding carboxylic acids is 1. The van der Waals surface area contributed by atoms with E-state index in [1.807, 2.05) is 29.4 Å². The molecule has 1 amide bonds. The Kier molecular flexibility index (Phi) is 3.58. The highest BCUT2D eigenvalue weighted by Gasteiger charge is 2.26. The number of aromatic nitrogens is 3. The zero-order valence-corrected chi connectivity index (χ0v) is 11.7. The van der Waals surface area contributed by atoms with Gasteiger partial charge in [-0.3, -0.25) is 4.79 Å². The number of piperidine rings is 1. The van der Waals surface area contributed by atoms with Crippen molar-refractivity contribution < 1.29 is 4.79 Å². The highest BCUT2D eigenvalue weighted by atomic mass is 16.2. The van der Waals surface area contributed by atoms with E-state index in [1.54, 1.807) is 6.20 Å². The second kappa shape index (κ2) is 5.53. The minimum absolute atomic E-state index is 0.0952. The summed E-state index contributed by atoms with van der Waals surface area (Å²) in [5, 5.41) is 0. The van der Waals surface area contributed by atoms with Crippen LogP contribution in [0.25, 0.3) is 0 Å². The number of aryl methyl sites for hydroxylation is 1. The number of rotatable bonds is 3. The molecule has 0 aromatic carbocycles. The van der Waals surface area contributed by atoms with Crippen LogP contribution in [-0.2, 0) is 6.42 Å². The monoisotopic (exact) mass is 272 g/mol. The van der Waals surface area contributed by atoms with Crippen molar-refractivity contribution in [1.82, 2.24) is 19.4 Å². The zero-order chi connectivity index (χ0) is 13.9. The summed E-state index contributed by atoms with van der Waals surface area (Å²) in [4.78, 5) is 21.7. The summed E-state index contributed by atoms with van der Waals surface area (Å²) in [5.74, 6) is 1.20. The Balaban J connectivity index is 1.75. The van der Waals surface area contributed by atoms with Gasteiger partial charge in [0.1, 0.15) is 11.5 Å². The number of nitrogens with one attached hydrogen (secondary N) is 1. The molecule has 0 aliphatic carbocycles. The lowest BCUT2D eigenvalue weighted by Gasteiger charge is -2.33. The lowest BCUT2D eigenvalue weighted by Crippen LogP contribution is -2.41. The van der Waals surface area contributed by atoms with Gasteiger partial charge in [0.2, 0.25) is 0 Å². The molecule has 2 aromatic rings. The van der Waals surface area contributed by atoms with Gasteiger partial charge in [-0.25, -0.2) is 4.98 Å². The molecule has 3 rings (SSSR count). The molecule has 1 fully saturated rings. The molecule has 1 N–H and O–H groups in total. The maximum atomic E-state index is 12.4. The highest BCUT2D eigenvalue weighted by Crippen LogP contribution is 2.24. The SMILES string of the molecule is CCc1nccn1C1CCCN(C(=O)c2ccc[nH]2)C1. The third-order valence-electron chi connectivity index (χ3n) is 3.97. The molecule has 0 spiro atoms. The molecule has 1 saturated heterocycles. The van der Waals surface area contributed by atoms with Crippen molar-refractivity contribution in [3.8, 4) is 0 Å². The van der Waals surface area contributed by atoms with Crippen molar-refractivity contribution >= 4 is 5.91 Å². The van der Waals surface area contributed by atoms with Crippen LogP contribution in [0, 0.1) is 0 Å². The first kappa shape index (κ1) is 13.0. The van der Waals surface area contributed by atoms with Gasteiger partial charge in [0.05, 0.1) is 6.04 Å². The first-order valence-corrected chi connectivity index (χ1v) is 7.24. The maximum absolute atomic E-state index is 12.4. The topological polar surface area (TPSA) is 53.9 Å². The summed E-state index contributed by atoms with van der Waals surface area (Å²) < 4.78 is 2.23. The van der Waals surface area contributed by atoms with E-state index in [9.17, 15) is 4.79 Å². The summed E-state index contributed by atoms with van der Waals surface area (Å²) in [6.07, 6.45) is 8.75. The lowest BCUT2D eigenvalue weighted by atomic mass is 10.0. The van der Waals surface area contributed by atoms with Crippen molar-refractivity contribution in [2.45, 2.75) is 32.2 Å². The molecule has 1 aliphatic rings. The maximum Gasteiger partial charge on any atom is 0.270 e. The first-order valence-electron chi connectivity index (χ1n) is 7.24. The zero-order valence-electron chi connectivity index (χ0n) is 11.7. The molecule has 0 bridgehead atoms. The van der Waals surface area contributed by atoms with Crippen molar-refractivity contribution in [3.05, 3.63) is 42.2 Å². The van der Waals surface area contributed by atoms with Gasteiger partial charge in [-0.1, -0.05) is 6.92 Å². The Bertz CT molecular complexity index is 572. The molecule has 106 valence electrons. The van der Waals surface area contributed by atoms with Gasteiger partial charge >= 0.3 is 0 Å². The molecular formula is C15H20N4O. The van der Waals surface area contributed by atoms with E-state index in [-0.39, 0.29) is 5.91 Å². The number of H-pyrrole nitrogens is 1. The fraction of sp³-hybridized carbons (Fsp3) is 0.467. The van der Waals surface area contributed by atoms with Crippen LogP contribution in [0.5, 0.6) is 0 Å². The van der Waals surface area contributed by atoms with E-state index in [0.29, 0.717) is 11.7 Å². The van der Waals surface area contributed by atoms with Crippen LogP contribution in [0.1, 0.15) is 42.1 Å². The minimum atomic E-state index is 0.0952. The van der Waals surface area contributed by atoms with Gasteiger partial charge in [-0.05, 0) is 25.0 Å². The molecule has 1 aliphatic heterocycles. The molecule has 2 aromatic heterocycles. The van der Waals surface area contributed by atoms with E-state index in [4.69, 9.17) is 0 Å². The Hall–Kier alpha value is -2.04. The summed E-state index contributed by atoms with van der Waals surface area (Å²) in [6, 6.07) is 4.04. The summed E-state index contributed by atoms with van der Waals surface area (Å²) in [5.41, 5.74) is 0.673. The van der Waals surface area contributed by atoms with Gasteiger partial charge in [0, 0.05) is 38.1 Å². The van der Waals surface area contributed by atoms with Crippen LogP contribution in [0.2, 0.25) is 0 Å². The van der Waals surface area contributed by atoms with Gasteiger partial charge in [0.25, 0.3) is 5.91 Å². The second-order valence-electron chi connectivity index (χ2n) is 5.24. The Morgan fingerprint density at radius 2 is 2.45 bits per heavy atom. The number of likely N-dealkylation sites (tertiary alicyclic amines) is 1. The normalized spacial score (nSPS) is 19.2. The van der Waals surface area contributed by atoms with Gasteiger partial charge < -0.3 is 14.5 Å². The molecule has 1 atom stereocenters. The number of amides is 1. The number of hydrogen-bond donors (Lipinski definition) is 1. The third kappa shape index (κ3) is 2.35.